The first-order valence-electron chi connectivity index (χ1n) is 5.71. The summed E-state index contributed by atoms with van der Waals surface area (Å²) in [5.41, 5.74) is 0. The fourth-order valence-electron chi connectivity index (χ4n) is 1.80. The van der Waals surface area contributed by atoms with Gasteiger partial charge in [0.15, 0.2) is 0 Å². The van der Waals surface area contributed by atoms with Crippen molar-refractivity contribution in [3.8, 4) is 0 Å². The lowest BCUT2D eigenvalue weighted by Gasteiger charge is -2.13. The molecular weight excluding hydrogens is 194 g/mol. The smallest absolute Gasteiger partial charge is 0.323 e. The zero-order valence-electron chi connectivity index (χ0n) is 9.53. The lowest BCUT2D eigenvalue weighted by molar-refractivity contribution is -0.147. The number of hydrogen-bond donors (Lipinski definition) is 2. The first kappa shape index (κ1) is 12.5. The highest BCUT2D eigenvalue weighted by Gasteiger charge is 2.29. The van der Waals surface area contributed by atoms with Crippen molar-refractivity contribution < 1.29 is 14.6 Å². The highest BCUT2D eigenvalue weighted by molar-refractivity contribution is 5.76. The van der Waals surface area contributed by atoms with Crippen LogP contribution in [0.3, 0.4) is 0 Å². The minimum atomic E-state index is -0.407. The van der Waals surface area contributed by atoms with E-state index in [9.17, 15) is 9.90 Å². The van der Waals surface area contributed by atoms with Gasteiger partial charge in [0.1, 0.15) is 6.04 Å². The van der Waals surface area contributed by atoms with Crippen molar-refractivity contribution in [2.75, 3.05) is 13.2 Å². The topological polar surface area (TPSA) is 58.6 Å². The van der Waals surface area contributed by atoms with E-state index in [1.165, 1.54) is 0 Å². The zero-order chi connectivity index (χ0) is 11.3. The summed E-state index contributed by atoms with van der Waals surface area (Å²) in [4.78, 5) is 11.5. The van der Waals surface area contributed by atoms with Crippen molar-refractivity contribution in [3.63, 3.8) is 0 Å². The molecule has 0 aromatic heterocycles. The molecule has 1 fully saturated rings. The van der Waals surface area contributed by atoms with E-state index < -0.39 is 6.10 Å². The summed E-state index contributed by atoms with van der Waals surface area (Å²) in [6.45, 7) is 5.17. The summed E-state index contributed by atoms with van der Waals surface area (Å²) in [5.74, 6) is 0.194. The fraction of sp³-hybridized carbons (Fsp3) is 0.909. The molecule has 1 aliphatic heterocycles. The van der Waals surface area contributed by atoms with Crippen LogP contribution in [0.5, 0.6) is 0 Å². The molecule has 0 radical (unpaired) electrons. The third kappa shape index (κ3) is 4.18. The lowest BCUT2D eigenvalue weighted by Crippen LogP contribution is -2.33. The molecule has 2 N–H and O–H groups in total. The van der Waals surface area contributed by atoms with Crippen LogP contribution >= 0.6 is 0 Å². The summed E-state index contributed by atoms with van der Waals surface area (Å²) in [5, 5.41) is 12.2. The van der Waals surface area contributed by atoms with Crippen LogP contribution in [0.1, 0.15) is 33.1 Å². The normalized spacial score (nSPS) is 27.7. The molecule has 0 amide bonds. The number of nitrogens with one attached hydrogen (secondary N) is 1. The van der Waals surface area contributed by atoms with Crippen LogP contribution in [0, 0.1) is 5.92 Å². The number of aliphatic hydroxyl groups excluding tert-OH is 1. The van der Waals surface area contributed by atoms with Crippen LogP contribution in [-0.2, 0) is 9.53 Å². The standard InChI is InChI=1S/C11H21NO3/c1-3-4-8(2)7-15-11(14)10-5-9(13)6-12-10/h8-10,12-13H,3-7H2,1-2H3/t8?,9-,10-/m1/s1. The van der Waals surface area contributed by atoms with Crippen molar-refractivity contribution in [1.82, 2.24) is 5.32 Å². The van der Waals surface area contributed by atoms with Gasteiger partial charge in [0.05, 0.1) is 12.7 Å². The van der Waals surface area contributed by atoms with Crippen LogP contribution < -0.4 is 5.32 Å². The van der Waals surface area contributed by atoms with Gasteiger partial charge in [-0.3, -0.25) is 4.79 Å². The van der Waals surface area contributed by atoms with Crippen LogP contribution in [0.15, 0.2) is 0 Å². The molecule has 0 aromatic rings. The maximum absolute atomic E-state index is 11.5. The Hall–Kier alpha value is -0.610. The first-order chi connectivity index (χ1) is 7.13. The second-order valence-electron chi connectivity index (χ2n) is 4.37. The van der Waals surface area contributed by atoms with E-state index in [4.69, 9.17) is 4.74 Å². The van der Waals surface area contributed by atoms with E-state index in [1.807, 2.05) is 0 Å². The molecule has 1 saturated heterocycles. The van der Waals surface area contributed by atoms with Crippen molar-refractivity contribution in [2.24, 2.45) is 5.92 Å². The van der Waals surface area contributed by atoms with E-state index >= 15 is 0 Å². The molecule has 1 heterocycles. The molecule has 0 saturated carbocycles. The summed E-state index contributed by atoms with van der Waals surface area (Å²) < 4.78 is 5.18. The summed E-state index contributed by atoms with van der Waals surface area (Å²) in [6, 6.07) is -0.311. The van der Waals surface area contributed by atoms with Crippen LogP contribution in [0.4, 0.5) is 0 Å². The van der Waals surface area contributed by atoms with Gasteiger partial charge in [-0.25, -0.2) is 0 Å². The molecule has 1 aliphatic rings. The maximum atomic E-state index is 11.5. The minimum Gasteiger partial charge on any atom is -0.464 e. The Kier molecular flexibility index (Phi) is 5.05. The van der Waals surface area contributed by atoms with Gasteiger partial charge >= 0.3 is 5.97 Å². The maximum Gasteiger partial charge on any atom is 0.323 e. The zero-order valence-corrected chi connectivity index (χ0v) is 9.53. The highest BCUT2D eigenvalue weighted by Crippen LogP contribution is 2.10. The molecular formula is C11H21NO3. The number of carbonyl (C=O) groups is 1. The number of ether oxygens (including phenoxy) is 1. The minimum absolute atomic E-state index is 0.227. The predicted molar refractivity (Wildman–Crippen MR) is 57.4 cm³/mol. The molecule has 4 heteroatoms. The van der Waals surface area contributed by atoms with E-state index in [0.29, 0.717) is 25.5 Å². The van der Waals surface area contributed by atoms with Gasteiger partial charge in [0.2, 0.25) is 0 Å². The Labute approximate surface area is 91.0 Å². The molecule has 4 nitrogen and oxygen atoms in total. The van der Waals surface area contributed by atoms with Gasteiger partial charge < -0.3 is 15.2 Å². The number of β-amino-alcohol motifs (C(OH)–C–C–N with tert-alkyl or cyclic N) is 1. The van der Waals surface area contributed by atoms with Crippen molar-refractivity contribution in [1.29, 1.82) is 0 Å². The number of esters is 1. The molecule has 0 spiro atoms. The van der Waals surface area contributed by atoms with Crippen molar-refractivity contribution in [3.05, 3.63) is 0 Å². The van der Waals surface area contributed by atoms with Gasteiger partial charge in [-0.05, 0) is 12.3 Å². The SMILES string of the molecule is CCCC(C)COC(=O)[C@H]1C[C@@H](O)CN1. The second kappa shape index (κ2) is 6.08. The number of rotatable bonds is 5. The van der Waals surface area contributed by atoms with Crippen LogP contribution in [0.25, 0.3) is 0 Å². The monoisotopic (exact) mass is 215 g/mol. The van der Waals surface area contributed by atoms with Gasteiger partial charge in [-0.2, -0.15) is 0 Å². The molecule has 15 heavy (non-hydrogen) atoms. The Morgan fingerprint density at radius 1 is 1.67 bits per heavy atom. The quantitative estimate of drug-likeness (QED) is 0.662. The number of hydrogen-bond acceptors (Lipinski definition) is 4. The Bertz CT molecular complexity index is 208. The van der Waals surface area contributed by atoms with Crippen LogP contribution in [0.2, 0.25) is 0 Å². The molecule has 0 aliphatic carbocycles. The summed E-state index contributed by atoms with van der Waals surface area (Å²) in [7, 11) is 0. The Morgan fingerprint density at radius 2 is 2.40 bits per heavy atom. The largest absolute Gasteiger partial charge is 0.464 e. The van der Waals surface area contributed by atoms with E-state index in [-0.39, 0.29) is 12.0 Å². The fourth-order valence-corrected chi connectivity index (χ4v) is 1.80. The molecule has 1 rings (SSSR count). The van der Waals surface area contributed by atoms with E-state index in [2.05, 4.69) is 19.2 Å². The summed E-state index contributed by atoms with van der Waals surface area (Å²) in [6.07, 6.45) is 2.25. The molecule has 0 bridgehead atoms. The van der Waals surface area contributed by atoms with Crippen LogP contribution in [-0.4, -0.2) is 36.4 Å². The Morgan fingerprint density at radius 3 is 2.93 bits per heavy atom. The van der Waals surface area contributed by atoms with Crippen molar-refractivity contribution >= 4 is 5.97 Å². The molecule has 3 atom stereocenters. The van der Waals surface area contributed by atoms with E-state index in [1.54, 1.807) is 0 Å². The molecule has 0 aromatic carbocycles. The van der Waals surface area contributed by atoms with Gasteiger partial charge in [-0.15, -0.1) is 0 Å². The second-order valence-corrected chi connectivity index (χ2v) is 4.37. The summed E-state index contributed by atoms with van der Waals surface area (Å²) >= 11 is 0. The molecule has 88 valence electrons. The van der Waals surface area contributed by atoms with E-state index in [0.717, 1.165) is 12.8 Å². The highest BCUT2D eigenvalue weighted by atomic mass is 16.5. The van der Waals surface area contributed by atoms with Crippen molar-refractivity contribution in [2.45, 2.75) is 45.3 Å². The van der Waals surface area contributed by atoms with Gasteiger partial charge in [0, 0.05) is 13.0 Å². The average molecular weight is 215 g/mol. The van der Waals surface area contributed by atoms with Gasteiger partial charge in [-0.1, -0.05) is 20.3 Å². The number of aliphatic hydroxyl groups is 1. The predicted octanol–water partition coefficient (Wildman–Crippen LogP) is 0.689. The lowest BCUT2D eigenvalue weighted by atomic mass is 10.1. The third-order valence-electron chi connectivity index (χ3n) is 2.68. The van der Waals surface area contributed by atoms with Gasteiger partial charge in [0.25, 0.3) is 0 Å². The average Bonchev–Trinajstić information content (AvgIpc) is 2.62. The third-order valence-corrected chi connectivity index (χ3v) is 2.68. The Balaban J connectivity index is 2.18. The molecule has 1 unspecified atom stereocenters. The number of carbonyl (C=O) groups excluding carboxylic acids is 1. The first-order valence-corrected chi connectivity index (χ1v) is 5.71.